The van der Waals surface area contributed by atoms with E-state index in [1.807, 2.05) is 30.3 Å². The van der Waals surface area contributed by atoms with Gasteiger partial charge in [0.15, 0.2) is 5.76 Å². The third-order valence-electron chi connectivity index (χ3n) is 4.46. The molecule has 0 atom stereocenters. The molecule has 26 heavy (non-hydrogen) atoms. The second-order valence-electron chi connectivity index (χ2n) is 6.55. The SMILES string of the molecule is CC(C)c1ccc(-c2nn3c(-c4cc5ccccc5o4)nnc3s2)cc1. The molecule has 0 bridgehead atoms. The van der Waals surface area contributed by atoms with Crippen molar-refractivity contribution in [1.29, 1.82) is 0 Å². The third-order valence-corrected chi connectivity index (χ3v) is 5.41. The summed E-state index contributed by atoms with van der Waals surface area (Å²) in [4.78, 5) is 0.753. The van der Waals surface area contributed by atoms with Gasteiger partial charge in [-0.25, -0.2) is 0 Å². The summed E-state index contributed by atoms with van der Waals surface area (Å²) in [6.07, 6.45) is 0. The molecule has 5 rings (SSSR count). The van der Waals surface area contributed by atoms with Gasteiger partial charge in [-0.2, -0.15) is 9.61 Å². The van der Waals surface area contributed by atoms with E-state index in [1.54, 1.807) is 4.52 Å². The fraction of sp³-hybridized carbons (Fsp3) is 0.150. The monoisotopic (exact) mass is 360 g/mol. The summed E-state index contributed by atoms with van der Waals surface area (Å²) in [5.41, 5.74) is 3.24. The number of para-hydroxylation sites is 1. The highest BCUT2D eigenvalue weighted by Crippen LogP contribution is 2.31. The van der Waals surface area contributed by atoms with Gasteiger partial charge >= 0.3 is 0 Å². The lowest BCUT2D eigenvalue weighted by Crippen LogP contribution is -1.90. The molecule has 0 saturated heterocycles. The largest absolute Gasteiger partial charge is 0.453 e. The van der Waals surface area contributed by atoms with E-state index in [1.165, 1.54) is 16.9 Å². The Balaban J connectivity index is 1.58. The molecule has 0 aliphatic rings. The van der Waals surface area contributed by atoms with Crippen molar-refractivity contribution < 1.29 is 4.42 Å². The van der Waals surface area contributed by atoms with E-state index < -0.39 is 0 Å². The number of furan rings is 1. The van der Waals surface area contributed by atoms with Crippen LogP contribution in [0, 0.1) is 0 Å². The van der Waals surface area contributed by atoms with Crippen molar-refractivity contribution >= 4 is 27.3 Å². The summed E-state index contributed by atoms with van der Waals surface area (Å²) in [7, 11) is 0. The molecule has 0 fully saturated rings. The Morgan fingerprint density at radius 3 is 2.58 bits per heavy atom. The van der Waals surface area contributed by atoms with Gasteiger partial charge in [0.25, 0.3) is 0 Å². The average Bonchev–Trinajstić information content (AvgIpc) is 3.34. The highest BCUT2D eigenvalue weighted by atomic mass is 32.1. The molecule has 0 radical (unpaired) electrons. The summed E-state index contributed by atoms with van der Waals surface area (Å²) < 4.78 is 7.68. The lowest BCUT2D eigenvalue weighted by molar-refractivity contribution is 0.622. The molecule has 0 aliphatic carbocycles. The topological polar surface area (TPSA) is 56.2 Å². The average molecular weight is 360 g/mol. The third kappa shape index (κ3) is 2.42. The Morgan fingerprint density at radius 1 is 1.00 bits per heavy atom. The molecule has 0 unspecified atom stereocenters. The Labute approximate surface area is 153 Å². The van der Waals surface area contributed by atoms with E-state index in [-0.39, 0.29) is 0 Å². The fourth-order valence-electron chi connectivity index (χ4n) is 2.99. The molecular weight excluding hydrogens is 344 g/mol. The number of hydrogen-bond acceptors (Lipinski definition) is 5. The summed E-state index contributed by atoms with van der Waals surface area (Å²) in [6, 6.07) is 18.4. The molecular formula is C20H16N4OS. The van der Waals surface area contributed by atoms with Gasteiger partial charge in [0.05, 0.1) is 0 Å². The van der Waals surface area contributed by atoms with Crippen molar-refractivity contribution in [2.45, 2.75) is 19.8 Å². The lowest BCUT2D eigenvalue weighted by Gasteiger charge is -2.04. The van der Waals surface area contributed by atoms with Gasteiger partial charge < -0.3 is 4.42 Å². The summed E-state index contributed by atoms with van der Waals surface area (Å²) in [6.45, 7) is 4.38. The molecule has 5 nitrogen and oxygen atoms in total. The first-order valence-electron chi connectivity index (χ1n) is 8.50. The number of nitrogens with zero attached hydrogens (tertiary/aromatic N) is 4. The quantitative estimate of drug-likeness (QED) is 0.433. The van der Waals surface area contributed by atoms with E-state index in [0.717, 1.165) is 26.5 Å². The van der Waals surface area contributed by atoms with Crippen LogP contribution >= 0.6 is 11.3 Å². The Kier molecular flexibility index (Phi) is 3.39. The number of rotatable bonds is 3. The summed E-state index contributed by atoms with van der Waals surface area (Å²) >= 11 is 1.52. The van der Waals surface area contributed by atoms with E-state index in [0.29, 0.717) is 17.5 Å². The van der Waals surface area contributed by atoms with Crippen molar-refractivity contribution in [3.05, 3.63) is 60.2 Å². The molecule has 5 aromatic rings. The van der Waals surface area contributed by atoms with Crippen LogP contribution < -0.4 is 0 Å². The van der Waals surface area contributed by atoms with Gasteiger partial charge in [0.1, 0.15) is 10.6 Å². The number of benzene rings is 2. The first-order chi connectivity index (χ1) is 12.7. The normalized spacial score (nSPS) is 11.8. The number of hydrogen-bond donors (Lipinski definition) is 0. The smallest absolute Gasteiger partial charge is 0.235 e. The highest BCUT2D eigenvalue weighted by Gasteiger charge is 2.17. The molecule has 3 aromatic heterocycles. The predicted molar refractivity (Wildman–Crippen MR) is 103 cm³/mol. The van der Waals surface area contributed by atoms with Crippen LogP contribution in [0.25, 0.3) is 38.1 Å². The molecule has 0 saturated carbocycles. The lowest BCUT2D eigenvalue weighted by atomic mass is 10.0. The van der Waals surface area contributed by atoms with Crippen LogP contribution in [0.1, 0.15) is 25.3 Å². The summed E-state index contributed by atoms with van der Waals surface area (Å²) in [5, 5.41) is 15.2. The summed E-state index contributed by atoms with van der Waals surface area (Å²) in [5.74, 6) is 1.81. The van der Waals surface area contributed by atoms with Gasteiger partial charge in [-0.3, -0.25) is 0 Å². The maximum atomic E-state index is 5.92. The van der Waals surface area contributed by atoms with Crippen molar-refractivity contribution in [3.63, 3.8) is 0 Å². The minimum atomic E-state index is 0.515. The van der Waals surface area contributed by atoms with Gasteiger partial charge in [-0.05, 0) is 23.6 Å². The molecule has 0 N–H and O–H groups in total. The van der Waals surface area contributed by atoms with Crippen molar-refractivity contribution in [1.82, 2.24) is 19.8 Å². The van der Waals surface area contributed by atoms with Gasteiger partial charge in [0, 0.05) is 10.9 Å². The first-order valence-corrected chi connectivity index (χ1v) is 9.32. The molecule has 2 aromatic carbocycles. The van der Waals surface area contributed by atoms with Crippen LogP contribution in [0.2, 0.25) is 0 Å². The van der Waals surface area contributed by atoms with E-state index in [9.17, 15) is 0 Å². The Hall–Kier alpha value is -2.99. The molecule has 0 aliphatic heterocycles. The van der Waals surface area contributed by atoms with Crippen LogP contribution in [0.5, 0.6) is 0 Å². The molecule has 0 spiro atoms. The fourth-order valence-corrected chi connectivity index (χ4v) is 3.83. The van der Waals surface area contributed by atoms with Gasteiger partial charge in [-0.1, -0.05) is 67.6 Å². The highest BCUT2D eigenvalue weighted by molar-refractivity contribution is 7.19. The van der Waals surface area contributed by atoms with Gasteiger partial charge in [-0.15, -0.1) is 10.2 Å². The maximum absolute atomic E-state index is 5.92. The Bertz CT molecular complexity index is 1180. The zero-order valence-corrected chi connectivity index (χ0v) is 15.2. The minimum absolute atomic E-state index is 0.515. The van der Waals surface area contributed by atoms with E-state index in [4.69, 9.17) is 9.52 Å². The predicted octanol–water partition coefficient (Wildman–Crippen LogP) is 5.39. The zero-order chi connectivity index (χ0) is 17.7. The zero-order valence-electron chi connectivity index (χ0n) is 14.4. The Morgan fingerprint density at radius 2 is 1.81 bits per heavy atom. The van der Waals surface area contributed by atoms with Crippen LogP contribution in [-0.4, -0.2) is 19.8 Å². The van der Waals surface area contributed by atoms with Gasteiger partial charge in [0.2, 0.25) is 10.8 Å². The molecule has 128 valence electrons. The van der Waals surface area contributed by atoms with Crippen LogP contribution in [-0.2, 0) is 0 Å². The molecule has 3 heterocycles. The first kappa shape index (κ1) is 15.3. The standard InChI is InChI=1S/C20H16N4OS/c1-12(2)13-7-9-14(10-8-13)19-23-24-18(21-22-20(24)26-19)17-11-15-5-3-4-6-16(15)25-17/h3-12H,1-2H3. The molecule has 6 heteroatoms. The number of aromatic nitrogens is 4. The van der Waals surface area contributed by atoms with Crippen LogP contribution in [0.4, 0.5) is 0 Å². The van der Waals surface area contributed by atoms with E-state index in [2.05, 4.69) is 48.3 Å². The van der Waals surface area contributed by atoms with Crippen molar-refractivity contribution in [2.75, 3.05) is 0 Å². The molecule has 0 amide bonds. The number of fused-ring (bicyclic) bond motifs is 2. The maximum Gasteiger partial charge on any atom is 0.235 e. The van der Waals surface area contributed by atoms with Crippen LogP contribution in [0.3, 0.4) is 0 Å². The second kappa shape index (κ2) is 5.78. The van der Waals surface area contributed by atoms with Crippen molar-refractivity contribution in [2.24, 2.45) is 0 Å². The second-order valence-corrected chi connectivity index (χ2v) is 7.51. The van der Waals surface area contributed by atoms with E-state index >= 15 is 0 Å². The van der Waals surface area contributed by atoms with Crippen molar-refractivity contribution in [3.8, 4) is 22.2 Å². The van der Waals surface area contributed by atoms with Crippen LogP contribution in [0.15, 0.2) is 59.0 Å². The minimum Gasteiger partial charge on any atom is -0.453 e.